The van der Waals surface area contributed by atoms with Gasteiger partial charge in [0, 0.05) is 11.6 Å². The van der Waals surface area contributed by atoms with E-state index >= 15 is 0 Å². The lowest BCUT2D eigenvalue weighted by atomic mass is 10.1. The van der Waals surface area contributed by atoms with Crippen molar-refractivity contribution in [2.45, 2.75) is 20.8 Å². The molecule has 0 aliphatic carbocycles. The van der Waals surface area contributed by atoms with E-state index in [1.165, 1.54) is 0 Å². The molecule has 3 rings (SSSR count). The van der Waals surface area contributed by atoms with Gasteiger partial charge in [0.15, 0.2) is 11.5 Å². The fourth-order valence-corrected chi connectivity index (χ4v) is 2.54. The zero-order valence-electron chi connectivity index (χ0n) is 14.4. The van der Waals surface area contributed by atoms with E-state index in [4.69, 9.17) is 14.0 Å². The van der Waals surface area contributed by atoms with Crippen LogP contribution in [0.4, 0.5) is 0 Å². The van der Waals surface area contributed by atoms with Crippen LogP contribution in [0.25, 0.3) is 11.3 Å². The number of hydrogen-bond donors (Lipinski definition) is 0. The first-order valence-corrected chi connectivity index (χ1v) is 8.05. The molecule has 0 aliphatic rings. The molecule has 1 heterocycles. The Morgan fingerprint density at radius 1 is 1.00 bits per heavy atom. The normalized spacial score (nSPS) is 10.5. The van der Waals surface area contributed by atoms with Crippen molar-refractivity contribution in [2.24, 2.45) is 0 Å². The zero-order chi connectivity index (χ0) is 17.8. The third-order valence-electron chi connectivity index (χ3n) is 3.57. The lowest BCUT2D eigenvalue weighted by Crippen LogP contribution is -2.08. The first-order chi connectivity index (χ1) is 12.0. The molecule has 5 heteroatoms. The Morgan fingerprint density at radius 3 is 2.32 bits per heavy atom. The lowest BCUT2D eigenvalue weighted by molar-refractivity contribution is 0.0724. The molecule has 128 valence electrons. The van der Waals surface area contributed by atoms with Crippen molar-refractivity contribution < 1.29 is 18.8 Å². The van der Waals surface area contributed by atoms with Crippen LogP contribution in [0.3, 0.4) is 0 Å². The molecule has 3 aromatic rings. The lowest BCUT2D eigenvalue weighted by Gasteiger charge is -2.04. The van der Waals surface area contributed by atoms with Crippen molar-refractivity contribution in [2.75, 3.05) is 6.61 Å². The van der Waals surface area contributed by atoms with Gasteiger partial charge in [0.2, 0.25) is 0 Å². The molecule has 0 bridgehead atoms. The molecule has 0 unspecified atom stereocenters. The topological polar surface area (TPSA) is 61.6 Å². The van der Waals surface area contributed by atoms with Gasteiger partial charge in [-0.15, -0.1) is 0 Å². The van der Waals surface area contributed by atoms with Crippen LogP contribution in [0.15, 0.2) is 53.1 Å². The summed E-state index contributed by atoms with van der Waals surface area (Å²) in [6.07, 6.45) is 0. The van der Waals surface area contributed by atoms with Crippen LogP contribution in [0, 0.1) is 13.8 Å². The van der Waals surface area contributed by atoms with Gasteiger partial charge >= 0.3 is 5.97 Å². The van der Waals surface area contributed by atoms with Crippen LogP contribution in [-0.4, -0.2) is 17.7 Å². The molecule has 0 radical (unpaired) electrons. The number of rotatable bonds is 5. The van der Waals surface area contributed by atoms with E-state index in [9.17, 15) is 4.79 Å². The quantitative estimate of drug-likeness (QED) is 0.504. The highest BCUT2D eigenvalue weighted by Gasteiger charge is 2.16. The van der Waals surface area contributed by atoms with E-state index in [2.05, 4.69) is 5.16 Å². The van der Waals surface area contributed by atoms with Gasteiger partial charge in [-0.2, -0.15) is 0 Å². The van der Waals surface area contributed by atoms with Crippen molar-refractivity contribution in [1.82, 2.24) is 5.16 Å². The molecular weight excluding hydrogens is 318 g/mol. The molecule has 5 nitrogen and oxygen atoms in total. The molecule has 1 aromatic heterocycles. The summed E-state index contributed by atoms with van der Waals surface area (Å²) >= 11 is 0. The van der Waals surface area contributed by atoms with Gasteiger partial charge in [0.25, 0.3) is 0 Å². The average Bonchev–Trinajstić information content (AvgIpc) is 3.05. The fourth-order valence-electron chi connectivity index (χ4n) is 2.54. The standard InChI is InChI=1S/C20H19NO4/c1-4-23-16-7-5-15(6-8-16)19-12-18(21-25-19)20(22)24-17-10-13(2)9-14(3)11-17/h5-12H,4H2,1-3H3. The van der Waals surface area contributed by atoms with Crippen LogP contribution in [-0.2, 0) is 0 Å². The highest BCUT2D eigenvalue weighted by Crippen LogP contribution is 2.24. The van der Waals surface area contributed by atoms with Gasteiger partial charge in [0.1, 0.15) is 11.5 Å². The van der Waals surface area contributed by atoms with Crippen molar-refractivity contribution in [3.05, 3.63) is 65.4 Å². The maximum absolute atomic E-state index is 12.3. The number of aromatic nitrogens is 1. The Balaban J connectivity index is 1.75. The largest absolute Gasteiger partial charge is 0.494 e. The number of carbonyl (C=O) groups excluding carboxylic acids is 1. The SMILES string of the molecule is CCOc1ccc(-c2cc(C(=O)Oc3cc(C)cc(C)c3)no2)cc1. The van der Waals surface area contributed by atoms with Crippen molar-refractivity contribution >= 4 is 5.97 Å². The highest BCUT2D eigenvalue weighted by atomic mass is 16.5. The number of ether oxygens (including phenoxy) is 2. The summed E-state index contributed by atoms with van der Waals surface area (Å²) in [5.74, 6) is 1.22. The predicted octanol–water partition coefficient (Wildman–Crippen LogP) is 4.58. The third kappa shape index (κ3) is 4.07. The number of esters is 1. The van der Waals surface area contributed by atoms with Crippen LogP contribution in [0.5, 0.6) is 11.5 Å². The summed E-state index contributed by atoms with van der Waals surface area (Å²) in [6.45, 7) is 6.43. The van der Waals surface area contributed by atoms with Crippen LogP contribution < -0.4 is 9.47 Å². The van der Waals surface area contributed by atoms with Crippen LogP contribution >= 0.6 is 0 Å². The third-order valence-corrected chi connectivity index (χ3v) is 3.57. The molecule has 0 saturated heterocycles. The van der Waals surface area contributed by atoms with Crippen LogP contribution in [0.2, 0.25) is 0 Å². The van der Waals surface area contributed by atoms with Crippen molar-refractivity contribution in [3.8, 4) is 22.8 Å². The average molecular weight is 337 g/mol. The minimum absolute atomic E-state index is 0.128. The number of carbonyl (C=O) groups is 1. The summed E-state index contributed by atoms with van der Waals surface area (Å²) in [4.78, 5) is 12.3. The second kappa shape index (κ2) is 7.21. The minimum Gasteiger partial charge on any atom is -0.494 e. The summed E-state index contributed by atoms with van der Waals surface area (Å²) in [5, 5.41) is 3.81. The van der Waals surface area contributed by atoms with Gasteiger partial charge in [-0.25, -0.2) is 4.79 Å². The van der Waals surface area contributed by atoms with E-state index in [0.29, 0.717) is 18.1 Å². The first-order valence-electron chi connectivity index (χ1n) is 8.05. The molecular formula is C20H19NO4. The summed E-state index contributed by atoms with van der Waals surface area (Å²) < 4.78 is 16.1. The zero-order valence-corrected chi connectivity index (χ0v) is 14.4. The van der Waals surface area contributed by atoms with Gasteiger partial charge in [-0.05, 0) is 68.3 Å². The minimum atomic E-state index is -0.550. The molecule has 0 fully saturated rings. The second-order valence-corrected chi connectivity index (χ2v) is 5.75. The molecule has 0 amide bonds. The van der Waals surface area contributed by atoms with Gasteiger partial charge < -0.3 is 14.0 Å². The smallest absolute Gasteiger partial charge is 0.365 e. The van der Waals surface area contributed by atoms with Crippen LogP contribution in [0.1, 0.15) is 28.5 Å². The predicted molar refractivity (Wildman–Crippen MR) is 94.0 cm³/mol. The van der Waals surface area contributed by atoms with Crippen molar-refractivity contribution in [3.63, 3.8) is 0 Å². The van der Waals surface area contributed by atoms with E-state index in [0.717, 1.165) is 22.4 Å². The summed E-state index contributed by atoms with van der Waals surface area (Å²) in [7, 11) is 0. The second-order valence-electron chi connectivity index (χ2n) is 5.75. The highest BCUT2D eigenvalue weighted by molar-refractivity contribution is 5.90. The summed E-state index contributed by atoms with van der Waals surface area (Å²) in [6, 6.07) is 14.6. The van der Waals surface area contributed by atoms with Gasteiger partial charge in [-0.1, -0.05) is 11.2 Å². The Morgan fingerprint density at radius 2 is 1.68 bits per heavy atom. The molecule has 0 spiro atoms. The maximum Gasteiger partial charge on any atom is 0.365 e. The van der Waals surface area contributed by atoms with Gasteiger partial charge in [0.05, 0.1) is 6.61 Å². The van der Waals surface area contributed by atoms with E-state index in [1.807, 2.05) is 51.1 Å². The van der Waals surface area contributed by atoms with Gasteiger partial charge in [-0.3, -0.25) is 0 Å². The Bertz CT molecular complexity index is 861. The first kappa shape index (κ1) is 16.8. The Kier molecular flexibility index (Phi) is 4.84. The molecule has 0 aliphatic heterocycles. The monoisotopic (exact) mass is 337 g/mol. The Labute approximate surface area is 146 Å². The van der Waals surface area contributed by atoms with E-state index in [-0.39, 0.29) is 5.69 Å². The fraction of sp³-hybridized carbons (Fsp3) is 0.200. The number of nitrogens with zero attached hydrogens (tertiary/aromatic N) is 1. The van der Waals surface area contributed by atoms with E-state index in [1.54, 1.807) is 18.2 Å². The number of benzene rings is 2. The molecule has 0 atom stereocenters. The Hall–Kier alpha value is -3.08. The molecule has 0 N–H and O–H groups in total. The van der Waals surface area contributed by atoms with E-state index < -0.39 is 5.97 Å². The number of hydrogen-bond acceptors (Lipinski definition) is 5. The summed E-state index contributed by atoms with van der Waals surface area (Å²) in [5.41, 5.74) is 2.99. The molecule has 25 heavy (non-hydrogen) atoms. The number of aryl methyl sites for hydroxylation is 2. The molecule has 2 aromatic carbocycles. The maximum atomic E-state index is 12.3. The molecule has 0 saturated carbocycles. The van der Waals surface area contributed by atoms with Crippen molar-refractivity contribution in [1.29, 1.82) is 0 Å².